The molecule has 4 nitrogen and oxygen atoms in total. The van der Waals surface area contributed by atoms with Gasteiger partial charge in [-0.25, -0.2) is 4.79 Å². The molecule has 0 saturated heterocycles. The van der Waals surface area contributed by atoms with Gasteiger partial charge in [-0.05, 0) is 6.42 Å². The van der Waals surface area contributed by atoms with Crippen molar-refractivity contribution < 1.29 is 32.6 Å². The van der Waals surface area contributed by atoms with Crippen molar-refractivity contribution in [2.45, 2.75) is 25.1 Å². The van der Waals surface area contributed by atoms with Gasteiger partial charge >= 0.3 is 12.1 Å². The Hall–Kier alpha value is -1.50. The predicted octanol–water partition coefficient (Wildman–Crippen LogP) is 2.14. The van der Waals surface area contributed by atoms with Gasteiger partial charge in [-0.15, -0.1) is 0 Å². The first-order chi connectivity index (χ1) is 7.80. The van der Waals surface area contributed by atoms with Crippen LogP contribution < -0.4 is 0 Å². The Morgan fingerprint density at radius 3 is 2.65 bits per heavy atom. The van der Waals surface area contributed by atoms with Crippen LogP contribution in [0.1, 0.15) is 34.2 Å². The van der Waals surface area contributed by atoms with E-state index in [4.69, 9.17) is 9.52 Å². The maximum absolute atomic E-state index is 12.5. The number of furan rings is 1. The number of rotatable bonds is 1. The average molecular weight is 250 g/mol. The Morgan fingerprint density at radius 2 is 2.12 bits per heavy atom. The predicted molar refractivity (Wildman–Crippen MR) is 48.5 cm³/mol. The van der Waals surface area contributed by atoms with Crippen LogP contribution in [0.25, 0.3) is 0 Å². The molecule has 0 unspecified atom stereocenters. The maximum Gasteiger partial charge on any atom is 0.392 e. The van der Waals surface area contributed by atoms with Gasteiger partial charge in [0.2, 0.25) is 0 Å². The normalized spacial score (nSPS) is 24.5. The first-order valence-electron chi connectivity index (χ1n) is 4.89. The molecule has 1 aromatic heterocycles. The summed E-state index contributed by atoms with van der Waals surface area (Å²) in [6.45, 7) is 0. The van der Waals surface area contributed by atoms with Gasteiger partial charge < -0.3 is 14.6 Å². The third kappa shape index (κ3) is 2.02. The largest absolute Gasteiger partial charge is 0.478 e. The molecule has 17 heavy (non-hydrogen) atoms. The molecule has 7 heteroatoms. The van der Waals surface area contributed by atoms with E-state index >= 15 is 0 Å². The van der Waals surface area contributed by atoms with Gasteiger partial charge in [0.25, 0.3) is 0 Å². The molecule has 0 aliphatic heterocycles. The minimum atomic E-state index is -4.42. The second kappa shape index (κ2) is 3.76. The molecule has 0 aromatic carbocycles. The summed E-state index contributed by atoms with van der Waals surface area (Å²) in [7, 11) is 0. The lowest BCUT2D eigenvalue weighted by atomic mass is 9.84. The van der Waals surface area contributed by atoms with Crippen molar-refractivity contribution in [3.63, 3.8) is 0 Å². The van der Waals surface area contributed by atoms with Crippen molar-refractivity contribution in [1.29, 1.82) is 0 Å². The maximum atomic E-state index is 12.5. The van der Waals surface area contributed by atoms with E-state index in [9.17, 15) is 23.1 Å². The Morgan fingerprint density at radius 1 is 1.47 bits per heavy atom. The third-order valence-corrected chi connectivity index (χ3v) is 2.88. The Bertz CT molecular complexity index is 449. The molecule has 1 aromatic rings. The van der Waals surface area contributed by atoms with Crippen molar-refractivity contribution in [2.24, 2.45) is 5.92 Å². The van der Waals surface area contributed by atoms with Crippen LogP contribution in [0.5, 0.6) is 0 Å². The smallest absolute Gasteiger partial charge is 0.392 e. The van der Waals surface area contributed by atoms with Gasteiger partial charge in [-0.3, -0.25) is 0 Å². The summed E-state index contributed by atoms with van der Waals surface area (Å²) in [5.74, 6) is -3.11. The minimum absolute atomic E-state index is 0.0296. The molecule has 0 radical (unpaired) electrons. The van der Waals surface area contributed by atoms with Crippen molar-refractivity contribution in [3.8, 4) is 0 Å². The molecule has 94 valence electrons. The monoisotopic (exact) mass is 250 g/mol. The lowest BCUT2D eigenvalue weighted by molar-refractivity contribution is -0.185. The van der Waals surface area contributed by atoms with E-state index in [1.54, 1.807) is 0 Å². The molecule has 1 heterocycles. The zero-order chi connectivity index (χ0) is 12.8. The molecule has 2 N–H and O–H groups in total. The average Bonchev–Trinajstić information content (AvgIpc) is 2.60. The first kappa shape index (κ1) is 12.0. The topological polar surface area (TPSA) is 70.7 Å². The van der Waals surface area contributed by atoms with Crippen molar-refractivity contribution >= 4 is 5.97 Å². The fourth-order valence-corrected chi connectivity index (χ4v) is 2.04. The minimum Gasteiger partial charge on any atom is -0.478 e. The lowest BCUT2D eigenvalue weighted by Crippen LogP contribution is -2.30. The zero-order valence-corrected chi connectivity index (χ0v) is 8.49. The van der Waals surface area contributed by atoms with Crippen LogP contribution in [-0.4, -0.2) is 22.4 Å². The highest BCUT2D eigenvalue weighted by molar-refractivity contribution is 5.89. The first-order valence-corrected chi connectivity index (χ1v) is 4.89. The standard InChI is InChI=1S/C10H9F3O4/c11-10(12,13)4-1-6(14)8-5(9(15)16)3-17-7(8)2-4/h3-4,6,14H,1-2H2,(H,15,16)/t4-,6-/m0/s1. The molecule has 0 fully saturated rings. The van der Waals surface area contributed by atoms with Gasteiger partial charge in [-0.2, -0.15) is 13.2 Å². The van der Waals surface area contributed by atoms with Crippen LogP contribution in [0, 0.1) is 5.92 Å². The summed E-state index contributed by atoms with van der Waals surface area (Å²) >= 11 is 0. The molecule has 2 atom stereocenters. The quantitative estimate of drug-likeness (QED) is 0.801. The van der Waals surface area contributed by atoms with Gasteiger partial charge in [0.1, 0.15) is 17.6 Å². The fraction of sp³-hybridized carbons (Fsp3) is 0.500. The highest BCUT2D eigenvalue weighted by atomic mass is 19.4. The highest BCUT2D eigenvalue weighted by Crippen LogP contribution is 2.43. The number of carbonyl (C=O) groups is 1. The number of alkyl halides is 3. The van der Waals surface area contributed by atoms with E-state index in [1.807, 2.05) is 0 Å². The van der Waals surface area contributed by atoms with Gasteiger partial charge in [0.05, 0.1) is 12.0 Å². The molecular weight excluding hydrogens is 241 g/mol. The zero-order valence-electron chi connectivity index (χ0n) is 8.49. The molecule has 1 aliphatic carbocycles. The van der Waals surface area contributed by atoms with Crippen LogP contribution in [0.15, 0.2) is 10.7 Å². The van der Waals surface area contributed by atoms with E-state index in [2.05, 4.69) is 0 Å². The number of aliphatic hydroxyl groups excluding tert-OH is 1. The SMILES string of the molecule is O=C(O)c1coc2c1[C@@H](O)C[C@H](C(F)(F)F)C2. The van der Waals surface area contributed by atoms with Crippen LogP contribution in [0.4, 0.5) is 13.2 Å². The highest BCUT2D eigenvalue weighted by Gasteiger charge is 2.46. The molecular formula is C10H9F3O4. The number of carboxylic acid groups (broad SMARTS) is 1. The molecule has 0 saturated carbocycles. The summed E-state index contributed by atoms with van der Waals surface area (Å²) in [6.07, 6.45) is -5.96. The molecule has 0 spiro atoms. The molecule has 1 aliphatic rings. The van der Waals surface area contributed by atoms with Crippen LogP contribution in [0.2, 0.25) is 0 Å². The second-order valence-electron chi connectivity index (χ2n) is 3.99. The van der Waals surface area contributed by atoms with Gasteiger partial charge in [-0.1, -0.05) is 0 Å². The second-order valence-corrected chi connectivity index (χ2v) is 3.99. The Labute approximate surface area is 93.7 Å². The van der Waals surface area contributed by atoms with E-state index < -0.39 is 37.0 Å². The van der Waals surface area contributed by atoms with Crippen LogP contribution in [-0.2, 0) is 6.42 Å². The van der Waals surface area contributed by atoms with E-state index in [0.717, 1.165) is 6.26 Å². The number of hydrogen-bond donors (Lipinski definition) is 2. The summed E-state index contributed by atoms with van der Waals surface area (Å²) in [4.78, 5) is 10.8. The molecule has 0 bridgehead atoms. The number of halogens is 3. The number of aliphatic hydroxyl groups is 1. The Balaban J connectivity index is 2.37. The summed E-state index contributed by atoms with van der Waals surface area (Å²) < 4.78 is 42.3. The number of fused-ring (bicyclic) bond motifs is 1. The Kier molecular flexibility index (Phi) is 2.65. The van der Waals surface area contributed by atoms with Crippen molar-refractivity contribution in [3.05, 3.63) is 23.2 Å². The summed E-state index contributed by atoms with van der Waals surface area (Å²) in [5, 5.41) is 18.4. The van der Waals surface area contributed by atoms with Crippen molar-refractivity contribution in [1.82, 2.24) is 0 Å². The number of aromatic carboxylic acids is 1. The third-order valence-electron chi connectivity index (χ3n) is 2.88. The molecule has 2 rings (SSSR count). The number of carboxylic acids is 1. The summed E-state index contributed by atoms with van der Waals surface area (Å²) in [6, 6.07) is 0. The van der Waals surface area contributed by atoms with Gasteiger partial charge in [0, 0.05) is 12.0 Å². The van der Waals surface area contributed by atoms with Crippen LogP contribution >= 0.6 is 0 Å². The lowest BCUT2D eigenvalue weighted by Gasteiger charge is -2.27. The van der Waals surface area contributed by atoms with Crippen molar-refractivity contribution in [2.75, 3.05) is 0 Å². The van der Waals surface area contributed by atoms with E-state index in [0.29, 0.717) is 0 Å². The van der Waals surface area contributed by atoms with E-state index in [1.165, 1.54) is 0 Å². The molecule has 0 amide bonds. The van der Waals surface area contributed by atoms with E-state index in [-0.39, 0.29) is 16.9 Å². The number of hydrogen-bond acceptors (Lipinski definition) is 3. The van der Waals surface area contributed by atoms with Gasteiger partial charge in [0.15, 0.2) is 0 Å². The summed E-state index contributed by atoms with van der Waals surface area (Å²) in [5.41, 5.74) is -0.300. The van der Waals surface area contributed by atoms with Crippen LogP contribution in [0.3, 0.4) is 0 Å². The fourth-order valence-electron chi connectivity index (χ4n) is 2.04.